The van der Waals surface area contributed by atoms with Gasteiger partial charge in [0.1, 0.15) is 0 Å². The molecule has 0 bridgehead atoms. The van der Waals surface area contributed by atoms with E-state index in [9.17, 15) is 14.4 Å². The molecule has 1 N–H and O–H groups in total. The van der Waals surface area contributed by atoms with Crippen molar-refractivity contribution >= 4 is 23.6 Å². The highest BCUT2D eigenvalue weighted by atomic mass is 16.4. The third-order valence-corrected chi connectivity index (χ3v) is 3.63. The molecule has 0 spiro atoms. The van der Waals surface area contributed by atoms with Gasteiger partial charge in [-0.05, 0) is 36.8 Å². The van der Waals surface area contributed by atoms with Gasteiger partial charge in [0.25, 0.3) is 0 Å². The van der Waals surface area contributed by atoms with Crippen molar-refractivity contribution in [3.8, 4) is 0 Å². The van der Waals surface area contributed by atoms with Gasteiger partial charge in [-0.2, -0.15) is 0 Å². The topological polar surface area (TPSA) is 71.4 Å². The van der Waals surface area contributed by atoms with Crippen LogP contribution in [-0.2, 0) is 0 Å². The van der Waals surface area contributed by atoms with Crippen LogP contribution in [0.25, 0.3) is 6.08 Å². The van der Waals surface area contributed by atoms with Crippen molar-refractivity contribution in [2.75, 3.05) is 0 Å². The number of Topliss-reactive ketones (excluding diaryl/α,β-unsaturated/α-hetero) is 2. The van der Waals surface area contributed by atoms with Crippen LogP contribution < -0.4 is 0 Å². The van der Waals surface area contributed by atoms with Gasteiger partial charge in [-0.25, -0.2) is 4.79 Å². The zero-order valence-corrected chi connectivity index (χ0v) is 11.8. The first-order valence-corrected chi connectivity index (χ1v) is 6.72. The minimum Gasteiger partial charge on any atom is -0.478 e. The van der Waals surface area contributed by atoms with Crippen LogP contribution in [0.5, 0.6) is 0 Å². The summed E-state index contributed by atoms with van der Waals surface area (Å²) in [4.78, 5) is 35.7. The Labute approximate surface area is 126 Å². The number of carboxylic acid groups (broad SMARTS) is 1. The van der Waals surface area contributed by atoms with Crippen molar-refractivity contribution in [1.82, 2.24) is 0 Å². The average Bonchev–Trinajstić information content (AvgIpc) is 2.74. The van der Waals surface area contributed by atoms with Crippen molar-refractivity contribution in [1.29, 1.82) is 0 Å². The molecule has 0 saturated heterocycles. The van der Waals surface area contributed by atoms with Gasteiger partial charge in [0.2, 0.25) is 0 Å². The van der Waals surface area contributed by atoms with E-state index in [1.807, 2.05) is 31.2 Å². The summed E-state index contributed by atoms with van der Waals surface area (Å²) < 4.78 is 0. The lowest BCUT2D eigenvalue weighted by atomic mass is 10.1. The predicted octanol–water partition coefficient (Wildman–Crippen LogP) is 3.16. The van der Waals surface area contributed by atoms with E-state index in [0.717, 1.165) is 11.1 Å². The smallest absolute Gasteiger partial charge is 0.335 e. The molecule has 1 aliphatic rings. The number of carbonyl (C=O) groups is 3. The summed E-state index contributed by atoms with van der Waals surface area (Å²) in [5, 5.41) is 8.98. The van der Waals surface area contributed by atoms with E-state index in [2.05, 4.69) is 0 Å². The molecule has 0 heterocycles. The van der Waals surface area contributed by atoms with E-state index in [1.54, 1.807) is 6.08 Å². The monoisotopic (exact) mass is 292 g/mol. The lowest BCUT2D eigenvalue weighted by molar-refractivity contribution is 0.0696. The van der Waals surface area contributed by atoms with E-state index in [-0.39, 0.29) is 28.0 Å². The Bertz CT molecular complexity index is 842. The number of hydrogen-bond donors (Lipinski definition) is 1. The molecule has 22 heavy (non-hydrogen) atoms. The summed E-state index contributed by atoms with van der Waals surface area (Å²) in [6, 6.07) is 11.4. The van der Waals surface area contributed by atoms with Crippen LogP contribution >= 0.6 is 0 Å². The first-order valence-electron chi connectivity index (χ1n) is 6.72. The number of hydrogen-bond acceptors (Lipinski definition) is 3. The quantitative estimate of drug-likeness (QED) is 0.681. The number of aryl methyl sites for hydroxylation is 1. The largest absolute Gasteiger partial charge is 0.478 e. The molecule has 0 saturated carbocycles. The molecule has 2 aromatic rings. The van der Waals surface area contributed by atoms with Crippen LogP contribution in [0.15, 0.2) is 48.0 Å². The van der Waals surface area contributed by atoms with Crippen LogP contribution in [0.4, 0.5) is 0 Å². The minimum absolute atomic E-state index is 0.00325. The molecule has 4 heteroatoms. The lowest BCUT2D eigenvalue weighted by Crippen LogP contribution is -2.01. The van der Waals surface area contributed by atoms with Crippen LogP contribution in [0.3, 0.4) is 0 Å². The summed E-state index contributed by atoms with van der Waals surface area (Å²) in [7, 11) is 0. The summed E-state index contributed by atoms with van der Waals surface area (Å²) in [6.45, 7) is 1.95. The Morgan fingerprint density at radius 3 is 2.23 bits per heavy atom. The first kappa shape index (κ1) is 13.9. The Hall–Kier alpha value is -3.01. The Balaban J connectivity index is 2.06. The van der Waals surface area contributed by atoms with Gasteiger partial charge < -0.3 is 5.11 Å². The van der Waals surface area contributed by atoms with E-state index in [0.29, 0.717) is 0 Å². The highest BCUT2D eigenvalue weighted by Gasteiger charge is 2.33. The molecule has 0 fully saturated rings. The normalized spacial score (nSPS) is 15.2. The molecule has 2 aromatic carbocycles. The third kappa shape index (κ3) is 2.24. The second kappa shape index (κ2) is 5.07. The van der Waals surface area contributed by atoms with Gasteiger partial charge in [0.05, 0.1) is 11.1 Å². The molecule has 1 aliphatic carbocycles. The maximum absolute atomic E-state index is 12.4. The molecule has 0 unspecified atom stereocenters. The van der Waals surface area contributed by atoms with Gasteiger partial charge in [-0.3, -0.25) is 9.59 Å². The highest BCUT2D eigenvalue weighted by molar-refractivity contribution is 6.41. The second-order valence-electron chi connectivity index (χ2n) is 5.19. The molecule has 0 aromatic heterocycles. The number of ketones is 2. The lowest BCUT2D eigenvalue weighted by Gasteiger charge is -1.97. The maximum atomic E-state index is 12.4. The van der Waals surface area contributed by atoms with Crippen LogP contribution in [-0.4, -0.2) is 22.6 Å². The third-order valence-electron chi connectivity index (χ3n) is 3.63. The Kier molecular flexibility index (Phi) is 3.22. The standard InChI is InChI=1S/C18H12O4/c1-10-2-4-11(5-3-10)8-15-16(19)13-7-6-12(18(21)22)9-14(13)17(15)20/h2-9H,1H3,(H,21,22)/b15-8-. The van der Waals surface area contributed by atoms with E-state index in [4.69, 9.17) is 5.11 Å². The number of carboxylic acids is 1. The second-order valence-corrected chi connectivity index (χ2v) is 5.19. The minimum atomic E-state index is -1.13. The van der Waals surface area contributed by atoms with Gasteiger partial charge >= 0.3 is 5.97 Å². The van der Waals surface area contributed by atoms with E-state index in [1.165, 1.54) is 18.2 Å². The first-order chi connectivity index (χ1) is 10.5. The van der Waals surface area contributed by atoms with E-state index >= 15 is 0 Å². The average molecular weight is 292 g/mol. The van der Waals surface area contributed by atoms with Gasteiger partial charge in [0, 0.05) is 11.1 Å². The van der Waals surface area contributed by atoms with Crippen LogP contribution in [0.2, 0.25) is 0 Å². The van der Waals surface area contributed by atoms with Crippen molar-refractivity contribution in [2.24, 2.45) is 0 Å². The summed E-state index contributed by atoms with van der Waals surface area (Å²) in [6.07, 6.45) is 1.55. The molecule has 108 valence electrons. The molecule has 0 radical (unpaired) electrons. The SMILES string of the molecule is Cc1ccc(/C=C2/C(=O)c3ccc(C(=O)O)cc3C2=O)cc1. The molecule has 4 nitrogen and oxygen atoms in total. The number of allylic oxidation sites excluding steroid dienone is 1. The number of fused-ring (bicyclic) bond motifs is 1. The molecular weight excluding hydrogens is 280 g/mol. The Morgan fingerprint density at radius 1 is 0.955 bits per heavy atom. The summed E-state index contributed by atoms with van der Waals surface area (Å²) >= 11 is 0. The van der Waals surface area contributed by atoms with Crippen LogP contribution in [0.1, 0.15) is 42.2 Å². The van der Waals surface area contributed by atoms with Crippen molar-refractivity contribution < 1.29 is 19.5 Å². The molecule has 0 amide bonds. The summed E-state index contributed by atoms with van der Waals surface area (Å²) in [5.41, 5.74) is 2.32. The fourth-order valence-electron chi connectivity index (χ4n) is 2.42. The zero-order chi connectivity index (χ0) is 15.9. The number of rotatable bonds is 2. The summed E-state index contributed by atoms with van der Waals surface area (Å²) in [5.74, 6) is -1.92. The fraction of sp³-hybridized carbons (Fsp3) is 0.0556. The van der Waals surface area contributed by atoms with Crippen LogP contribution in [0, 0.1) is 6.92 Å². The maximum Gasteiger partial charge on any atom is 0.335 e. The number of carbonyl (C=O) groups excluding carboxylic acids is 2. The highest BCUT2D eigenvalue weighted by Crippen LogP contribution is 2.28. The number of aromatic carboxylic acids is 1. The van der Waals surface area contributed by atoms with Crippen molar-refractivity contribution in [2.45, 2.75) is 6.92 Å². The number of benzene rings is 2. The van der Waals surface area contributed by atoms with Crippen molar-refractivity contribution in [3.63, 3.8) is 0 Å². The molecule has 3 rings (SSSR count). The van der Waals surface area contributed by atoms with Gasteiger partial charge in [-0.1, -0.05) is 29.8 Å². The predicted molar refractivity (Wildman–Crippen MR) is 81.2 cm³/mol. The zero-order valence-electron chi connectivity index (χ0n) is 11.8. The van der Waals surface area contributed by atoms with Gasteiger partial charge in [-0.15, -0.1) is 0 Å². The molecule has 0 atom stereocenters. The molecular formula is C18H12O4. The molecule has 0 aliphatic heterocycles. The fourth-order valence-corrected chi connectivity index (χ4v) is 2.42. The van der Waals surface area contributed by atoms with E-state index < -0.39 is 11.8 Å². The Morgan fingerprint density at radius 2 is 1.59 bits per heavy atom. The van der Waals surface area contributed by atoms with Crippen molar-refractivity contribution in [3.05, 3.63) is 75.9 Å². The van der Waals surface area contributed by atoms with Gasteiger partial charge in [0.15, 0.2) is 11.6 Å².